The van der Waals surface area contributed by atoms with Gasteiger partial charge in [0, 0.05) is 6.42 Å². The topological polar surface area (TPSA) is 75.6 Å². The molecule has 112 valence electrons. The van der Waals surface area contributed by atoms with Crippen LogP contribution in [0.15, 0.2) is 24.3 Å². The minimum Gasteiger partial charge on any atom is -0.391 e. The number of hydrogen-bond acceptors (Lipinski definition) is 4. The highest BCUT2D eigenvalue weighted by Gasteiger charge is 2.33. The molecular weight excluding hydrogens is 278 g/mol. The lowest BCUT2D eigenvalue weighted by atomic mass is 10.1. The van der Waals surface area contributed by atoms with Gasteiger partial charge in [0.1, 0.15) is 0 Å². The van der Waals surface area contributed by atoms with Crippen molar-refractivity contribution in [1.29, 1.82) is 0 Å². The number of nitrogens with one attached hydrogen (secondary N) is 1. The molecule has 0 bridgehead atoms. The van der Waals surface area contributed by atoms with E-state index in [0.717, 1.165) is 11.1 Å². The zero-order valence-corrected chi connectivity index (χ0v) is 12.6. The summed E-state index contributed by atoms with van der Waals surface area (Å²) >= 11 is 0. The number of rotatable bonds is 6. The van der Waals surface area contributed by atoms with Gasteiger partial charge in [0.05, 0.1) is 30.6 Å². The molecule has 0 heterocycles. The Bertz CT molecular complexity index is 556. The molecule has 0 radical (unpaired) electrons. The predicted molar refractivity (Wildman–Crippen MR) is 76.9 cm³/mol. The summed E-state index contributed by atoms with van der Waals surface area (Å²) in [4.78, 5) is 0. The highest BCUT2D eigenvalue weighted by Crippen LogP contribution is 2.31. The Morgan fingerprint density at radius 3 is 2.80 bits per heavy atom. The van der Waals surface area contributed by atoms with Crippen LogP contribution >= 0.6 is 0 Å². The maximum atomic E-state index is 12.0. The van der Waals surface area contributed by atoms with E-state index in [1.807, 2.05) is 38.1 Å². The molecule has 0 spiro atoms. The number of aliphatic hydroxyl groups is 1. The highest BCUT2D eigenvalue weighted by molar-refractivity contribution is 7.89. The van der Waals surface area contributed by atoms with Crippen LogP contribution in [-0.2, 0) is 21.2 Å². The Hall–Kier alpha value is -0.950. The SMILES string of the molecule is CC(C)OCCS(=O)(=O)NC1c2ccccc2CC1O. The number of hydrogen-bond donors (Lipinski definition) is 2. The van der Waals surface area contributed by atoms with Crippen LogP contribution in [0, 0.1) is 0 Å². The van der Waals surface area contributed by atoms with Gasteiger partial charge in [-0.3, -0.25) is 0 Å². The van der Waals surface area contributed by atoms with Crippen molar-refractivity contribution in [2.45, 2.75) is 38.5 Å². The van der Waals surface area contributed by atoms with Crippen molar-refractivity contribution < 1.29 is 18.3 Å². The standard InChI is InChI=1S/C14H21NO4S/c1-10(2)19-7-8-20(17,18)15-14-12-6-4-3-5-11(12)9-13(14)16/h3-6,10,13-16H,7-9H2,1-2H3. The summed E-state index contributed by atoms with van der Waals surface area (Å²) < 4.78 is 31.9. The summed E-state index contributed by atoms with van der Waals surface area (Å²) in [6.45, 7) is 3.87. The Labute approximate surface area is 120 Å². The van der Waals surface area contributed by atoms with E-state index < -0.39 is 22.2 Å². The lowest BCUT2D eigenvalue weighted by Crippen LogP contribution is -2.36. The molecule has 0 amide bonds. The summed E-state index contributed by atoms with van der Waals surface area (Å²) in [7, 11) is -3.47. The van der Waals surface area contributed by atoms with Gasteiger partial charge in [-0.15, -0.1) is 0 Å². The molecule has 2 unspecified atom stereocenters. The number of benzene rings is 1. The van der Waals surface area contributed by atoms with Crippen molar-refractivity contribution in [3.63, 3.8) is 0 Å². The van der Waals surface area contributed by atoms with Gasteiger partial charge in [0.2, 0.25) is 10.0 Å². The van der Waals surface area contributed by atoms with Gasteiger partial charge < -0.3 is 9.84 Å². The fourth-order valence-corrected chi connectivity index (χ4v) is 3.47. The number of fused-ring (bicyclic) bond motifs is 1. The van der Waals surface area contributed by atoms with Crippen LogP contribution in [0.25, 0.3) is 0 Å². The monoisotopic (exact) mass is 299 g/mol. The molecule has 1 aromatic carbocycles. The van der Waals surface area contributed by atoms with Gasteiger partial charge in [-0.1, -0.05) is 24.3 Å². The predicted octanol–water partition coefficient (Wildman–Crippen LogP) is 0.989. The number of sulfonamides is 1. The van der Waals surface area contributed by atoms with Crippen LogP contribution in [0.5, 0.6) is 0 Å². The molecule has 2 N–H and O–H groups in total. The molecule has 0 aromatic heterocycles. The number of aliphatic hydroxyl groups excluding tert-OH is 1. The van der Waals surface area contributed by atoms with Crippen LogP contribution < -0.4 is 4.72 Å². The van der Waals surface area contributed by atoms with Gasteiger partial charge in [-0.25, -0.2) is 13.1 Å². The summed E-state index contributed by atoms with van der Waals surface area (Å²) in [6.07, 6.45) is -0.234. The van der Waals surface area contributed by atoms with Crippen molar-refractivity contribution >= 4 is 10.0 Å². The van der Waals surface area contributed by atoms with E-state index in [-0.39, 0.29) is 18.5 Å². The van der Waals surface area contributed by atoms with Crippen molar-refractivity contribution in [2.75, 3.05) is 12.4 Å². The summed E-state index contributed by atoms with van der Waals surface area (Å²) in [5.41, 5.74) is 1.85. The number of ether oxygens (including phenoxy) is 1. The second kappa shape index (κ2) is 6.22. The Morgan fingerprint density at radius 2 is 2.10 bits per heavy atom. The van der Waals surface area contributed by atoms with Gasteiger partial charge in [0.15, 0.2) is 0 Å². The first-order valence-electron chi connectivity index (χ1n) is 6.76. The molecule has 0 fully saturated rings. The average molecular weight is 299 g/mol. The van der Waals surface area contributed by atoms with E-state index in [1.165, 1.54) is 0 Å². The normalized spacial score (nSPS) is 22.2. The molecule has 0 saturated heterocycles. The third-order valence-electron chi connectivity index (χ3n) is 3.31. The lowest BCUT2D eigenvalue weighted by molar-refractivity contribution is 0.0909. The van der Waals surface area contributed by atoms with Crippen molar-refractivity contribution in [1.82, 2.24) is 4.72 Å². The van der Waals surface area contributed by atoms with E-state index >= 15 is 0 Å². The minimum atomic E-state index is -3.47. The summed E-state index contributed by atoms with van der Waals surface area (Å²) in [5.74, 6) is -0.101. The van der Waals surface area contributed by atoms with Gasteiger partial charge in [-0.05, 0) is 25.0 Å². The maximum absolute atomic E-state index is 12.0. The first-order chi connectivity index (χ1) is 9.39. The molecule has 2 rings (SSSR count). The summed E-state index contributed by atoms with van der Waals surface area (Å²) in [6, 6.07) is 6.94. The van der Waals surface area contributed by atoms with Gasteiger partial charge >= 0.3 is 0 Å². The molecule has 6 heteroatoms. The van der Waals surface area contributed by atoms with Gasteiger partial charge in [-0.2, -0.15) is 0 Å². The van der Waals surface area contributed by atoms with Crippen molar-refractivity contribution in [3.05, 3.63) is 35.4 Å². The van der Waals surface area contributed by atoms with E-state index in [0.29, 0.717) is 6.42 Å². The zero-order chi connectivity index (χ0) is 14.8. The Morgan fingerprint density at radius 1 is 1.40 bits per heavy atom. The quantitative estimate of drug-likeness (QED) is 0.821. The van der Waals surface area contributed by atoms with E-state index in [1.54, 1.807) is 0 Å². The smallest absolute Gasteiger partial charge is 0.214 e. The average Bonchev–Trinajstić information content (AvgIpc) is 2.65. The van der Waals surface area contributed by atoms with E-state index in [9.17, 15) is 13.5 Å². The van der Waals surface area contributed by atoms with E-state index in [2.05, 4.69) is 4.72 Å². The first kappa shape index (κ1) is 15.4. The zero-order valence-electron chi connectivity index (χ0n) is 11.7. The Kier molecular flexibility index (Phi) is 4.80. The van der Waals surface area contributed by atoms with E-state index in [4.69, 9.17) is 4.74 Å². The van der Waals surface area contributed by atoms with Crippen LogP contribution in [0.4, 0.5) is 0 Å². The van der Waals surface area contributed by atoms with Crippen LogP contribution in [0.2, 0.25) is 0 Å². The minimum absolute atomic E-state index is 0.00277. The lowest BCUT2D eigenvalue weighted by Gasteiger charge is -2.18. The molecule has 5 nitrogen and oxygen atoms in total. The molecular formula is C14H21NO4S. The molecule has 0 saturated carbocycles. The molecule has 1 aliphatic rings. The first-order valence-corrected chi connectivity index (χ1v) is 8.42. The molecule has 20 heavy (non-hydrogen) atoms. The largest absolute Gasteiger partial charge is 0.391 e. The Balaban J connectivity index is 2.02. The van der Waals surface area contributed by atoms with Crippen molar-refractivity contribution in [2.24, 2.45) is 0 Å². The molecule has 2 atom stereocenters. The second-order valence-corrected chi connectivity index (χ2v) is 7.18. The third kappa shape index (κ3) is 3.79. The third-order valence-corrected chi connectivity index (χ3v) is 4.63. The fourth-order valence-electron chi connectivity index (χ4n) is 2.36. The molecule has 1 aromatic rings. The highest BCUT2D eigenvalue weighted by atomic mass is 32.2. The second-order valence-electron chi connectivity index (χ2n) is 5.30. The van der Waals surface area contributed by atoms with Crippen LogP contribution in [-0.4, -0.2) is 38.1 Å². The molecule has 1 aliphatic carbocycles. The van der Waals surface area contributed by atoms with Gasteiger partial charge in [0.25, 0.3) is 0 Å². The van der Waals surface area contributed by atoms with Crippen LogP contribution in [0.1, 0.15) is 31.0 Å². The maximum Gasteiger partial charge on any atom is 0.214 e. The van der Waals surface area contributed by atoms with Crippen molar-refractivity contribution in [3.8, 4) is 0 Å². The fraction of sp³-hybridized carbons (Fsp3) is 0.571. The summed E-state index contributed by atoms with van der Waals surface area (Å²) in [5, 5.41) is 10.0. The van der Waals surface area contributed by atoms with Crippen LogP contribution in [0.3, 0.4) is 0 Å². The molecule has 0 aliphatic heterocycles.